The van der Waals surface area contributed by atoms with Gasteiger partial charge in [0.25, 0.3) is 17.9 Å². The normalized spacial score (nSPS) is 19.6. The fourth-order valence-corrected chi connectivity index (χ4v) is 12.2. The Labute approximate surface area is 503 Å². The lowest BCUT2D eigenvalue weighted by Crippen LogP contribution is -2.56. The van der Waals surface area contributed by atoms with E-state index < -0.39 is 47.4 Å². The summed E-state index contributed by atoms with van der Waals surface area (Å²) in [5.74, 6) is -0.561. The Balaban J connectivity index is 0.000000174. The standard InChI is InChI=1S/C31H25F2N5O5.C20H16FN3O5.C7H12FN.C4H9F.C2H6/c1-4-21-24(32)8-5-17-9-20(40)10-22(25(17)21)27-26(33)28-23(11-34-27)29(36-31(35-28)42-3)37-12-18-6-7-19(13-37)38(18)30(41)16(2)14-43-15-39;1-22-15-2-8-11(6-25)10-5-24-16(17(10)23-14(8)4-13(15)21)3-9-12(19(24)27)7-29-20(28)18(9)26;8-6-4-7-2-1-3-9(7)5-6;1-3-4(2)5;1-2/h1,5,8-11,15,18-19,40H,2,6-7,12-14H2,3H3;2-4,18,22,25-26H,5-7H2,1H3;6-7H,1-5H2;4H,3H2,1-2H3;1-2H3. The van der Waals surface area contributed by atoms with Gasteiger partial charge in [0, 0.05) is 78.0 Å². The number of amides is 1. The molecular formula is C64H68F5N9O10. The molecule has 6 aliphatic heterocycles. The molecule has 4 saturated heterocycles. The number of ether oxygens (including phenoxy) is 3. The highest BCUT2D eigenvalue weighted by molar-refractivity contribution is 6.03. The number of esters is 1. The second-order valence-corrected chi connectivity index (χ2v) is 21.7. The summed E-state index contributed by atoms with van der Waals surface area (Å²) in [5.41, 5.74) is 2.57. The van der Waals surface area contributed by atoms with Crippen molar-refractivity contribution >= 4 is 62.4 Å². The number of fused-ring (bicyclic) bond motifs is 10. The number of halogens is 5. The van der Waals surface area contributed by atoms with Gasteiger partial charge in [0.2, 0.25) is 0 Å². The average Bonchev–Trinajstić information content (AvgIpc) is 1.64. The average molecular weight is 1220 g/mol. The maximum Gasteiger partial charge on any atom is 0.340 e. The van der Waals surface area contributed by atoms with Crippen LogP contribution in [0.1, 0.15) is 100 Å². The van der Waals surface area contributed by atoms with E-state index in [4.69, 9.17) is 20.6 Å². The lowest BCUT2D eigenvalue weighted by atomic mass is 9.96. The van der Waals surface area contributed by atoms with Crippen LogP contribution in [0.5, 0.6) is 11.8 Å². The number of alkyl halides is 2. The van der Waals surface area contributed by atoms with Gasteiger partial charge in [0.1, 0.15) is 53.8 Å². The van der Waals surface area contributed by atoms with E-state index in [0.29, 0.717) is 82.1 Å². The molecule has 24 heteroatoms. The van der Waals surface area contributed by atoms with E-state index in [1.165, 1.54) is 61.0 Å². The van der Waals surface area contributed by atoms with Gasteiger partial charge < -0.3 is 49.2 Å². The van der Waals surface area contributed by atoms with Gasteiger partial charge in [-0.15, -0.1) is 6.42 Å². The zero-order chi connectivity index (χ0) is 63.4. The Bertz CT molecular complexity index is 3950. The van der Waals surface area contributed by atoms with Crippen molar-refractivity contribution in [3.8, 4) is 46.7 Å². The predicted octanol–water partition coefficient (Wildman–Crippen LogP) is 8.89. The Kier molecular flexibility index (Phi) is 19.6. The highest BCUT2D eigenvalue weighted by atomic mass is 19.1. The molecule has 4 fully saturated rings. The summed E-state index contributed by atoms with van der Waals surface area (Å²) in [6, 6.07) is 9.89. The van der Waals surface area contributed by atoms with E-state index in [9.17, 15) is 52.1 Å². The number of anilines is 2. The third-order valence-corrected chi connectivity index (χ3v) is 16.5. The molecule has 4 N–H and O–H groups in total. The van der Waals surface area contributed by atoms with E-state index in [1.54, 1.807) is 31.0 Å². The molecule has 88 heavy (non-hydrogen) atoms. The zero-order valence-electron chi connectivity index (χ0n) is 49.5. The topological polar surface area (TPSA) is 235 Å². The van der Waals surface area contributed by atoms with Crippen LogP contribution < -0.4 is 20.5 Å². The number of nitrogens with one attached hydrogen (secondary N) is 1. The summed E-state index contributed by atoms with van der Waals surface area (Å²) < 4.78 is 85.7. The number of rotatable bonds is 10. The molecule has 464 valence electrons. The van der Waals surface area contributed by atoms with Crippen molar-refractivity contribution in [2.45, 2.75) is 123 Å². The molecule has 0 radical (unpaired) electrons. The largest absolute Gasteiger partial charge is 0.508 e. The number of carbonyl (C=O) groups excluding carboxylic acids is 3. The van der Waals surface area contributed by atoms with Crippen molar-refractivity contribution in [3.05, 3.63) is 116 Å². The first kappa shape index (κ1) is 63.7. The number of aliphatic hydroxyl groups excluding tert-OH is 2. The first-order valence-electron chi connectivity index (χ1n) is 29.0. The quantitative estimate of drug-likeness (QED) is 0.0329. The number of pyridine rings is 3. The first-order chi connectivity index (χ1) is 42.3. The van der Waals surface area contributed by atoms with Crippen LogP contribution in [0.15, 0.2) is 65.6 Å². The minimum atomic E-state index is -1.55. The van der Waals surface area contributed by atoms with Crippen LogP contribution in [0.3, 0.4) is 0 Å². The molecule has 13 rings (SSSR count). The van der Waals surface area contributed by atoms with Crippen LogP contribution >= 0.6 is 0 Å². The summed E-state index contributed by atoms with van der Waals surface area (Å²) in [5, 5.41) is 34.9. The number of piperazine rings is 1. The molecule has 7 aromatic rings. The van der Waals surface area contributed by atoms with Gasteiger partial charge in [-0.2, -0.15) is 9.97 Å². The Morgan fingerprint density at radius 1 is 0.989 bits per heavy atom. The third-order valence-electron chi connectivity index (χ3n) is 16.5. The zero-order valence-corrected chi connectivity index (χ0v) is 49.5. The molecule has 6 atom stereocenters. The van der Waals surface area contributed by atoms with E-state index in [2.05, 4.69) is 42.7 Å². The summed E-state index contributed by atoms with van der Waals surface area (Å²) in [6.45, 7) is 13.5. The monoisotopic (exact) mass is 1220 g/mol. The number of phenols is 1. The van der Waals surface area contributed by atoms with Crippen LogP contribution in [0.4, 0.5) is 33.5 Å². The summed E-state index contributed by atoms with van der Waals surface area (Å²) in [7, 11) is 2.96. The second kappa shape index (κ2) is 27.1. The van der Waals surface area contributed by atoms with Crippen molar-refractivity contribution < 1.29 is 65.9 Å². The van der Waals surface area contributed by atoms with Gasteiger partial charge in [-0.05, 0) is 93.3 Å². The summed E-state index contributed by atoms with van der Waals surface area (Å²) >= 11 is 0. The van der Waals surface area contributed by atoms with Crippen LogP contribution in [-0.2, 0) is 43.6 Å². The number of methoxy groups -OCH3 is 1. The Hall–Kier alpha value is -8.79. The van der Waals surface area contributed by atoms with E-state index in [0.717, 1.165) is 25.8 Å². The lowest BCUT2D eigenvalue weighted by Gasteiger charge is -2.42. The third kappa shape index (κ3) is 12.3. The SMILES string of the molecule is C#Cc1c(F)ccc2cc(O)cc(-c3ncc4c(N5CC6CCC(C5)N6C(=O)C(=C)COC=O)nc(OC)nc4c3F)c12.CC.CCC(C)F.CNc1cc2c(CO)c3c(nc2cc1F)-c1cc2c(c(=O)n1C3)COC(=O)C2O.FC1CC2CCCN2C1. The highest BCUT2D eigenvalue weighted by Crippen LogP contribution is 2.42. The van der Waals surface area contributed by atoms with Gasteiger partial charge in [-0.1, -0.05) is 39.3 Å². The molecule has 6 aliphatic rings. The number of phenolic OH excluding ortho intramolecular Hbond substituents is 1. The number of hydrogen-bond acceptors (Lipinski definition) is 17. The van der Waals surface area contributed by atoms with Gasteiger partial charge in [0.05, 0.1) is 77.6 Å². The molecule has 0 spiro atoms. The molecule has 2 bridgehead atoms. The highest BCUT2D eigenvalue weighted by Gasteiger charge is 2.44. The minimum absolute atomic E-state index is 0.0834. The van der Waals surface area contributed by atoms with Gasteiger partial charge in [0.15, 0.2) is 11.9 Å². The first-order valence-corrected chi connectivity index (χ1v) is 29.0. The van der Waals surface area contributed by atoms with Crippen LogP contribution in [0, 0.1) is 29.8 Å². The molecule has 0 saturated carbocycles. The van der Waals surface area contributed by atoms with Crippen molar-refractivity contribution in [2.24, 2.45) is 0 Å². The Morgan fingerprint density at radius 3 is 2.36 bits per heavy atom. The fraction of sp³-hybridized carbons (Fsp3) is 0.406. The van der Waals surface area contributed by atoms with Crippen LogP contribution in [-0.4, -0.2) is 145 Å². The predicted molar refractivity (Wildman–Crippen MR) is 320 cm³/mol. The van der Waals surface area contributed by atoms with Crippen molar-refractivity contribution in [3.63, 3.8) is 0 Å². The van der Waals surface area contributed by atoms with Gasteiger partial charge in [-0.3, -0.25) is 24.3 Å². The number of terminal acetylenes is 1. The minimum Gasteiger partial charge on any atom is -0.508 e. The number of benzene rings is 3. The molecule has 6 unspecified atom stereocenters. The fourth-order valence-electron chi connectivity index (χ4n) is 12.2. The number of hydrogen-bond donors (Lipinski definition) is 4. The van der Waals surface area contributed by atoms with E-state index in [1.807, 2.05) is 25.7 Å². The smallest absolute Gasteiger partial charge is 0.340 e. The number of aromatic hydroxyl groups is 1. The maximum atomic E-state index is 16.4. The molecule has 10 heterocycles. The van der Waals surface area contributed by atoms with Crippen LogP contribution in [0.25, 0.3) is 55.2 Å². The molecule has 19 nitrogen and oxygen atoms in total. The molecule has 4 aromatic heterocycles. The molecule has 0 aliphatic carbocycles. The molecular weight excluding hydrogens is 1150 g/mol. The van der Waals surface area contributed by atoms with Crippen LogP contribution in [0.2, 0.25) is 0 Å². The number of aliphatic hydroxyl groups is 2. The van der Waals surface area contributed by atoms with Crippen molar-refractivity contribution in [1.82, 2.24) is 34.3 Å². The number of nitrogens with zero attached hydrogens (tertiary/aromatic N) is 8. The summed E-state index contributed by atoms with van der Waals surface area (Å²) in [6.07, 6.45) is 9.80. The maximum absolute atomic E-state index is 16.4. The number of aromatic nitrogens is 5. The van der Waals surface area contributed by atoms with E-state index >= 15 is 4.39 Å². The number of carbonyl (C=O) groups is 3. The molecule has 3 aromatic carbocycles. The van der Waals surface area contributed by atoms with Crippen molar-refractivity contribution in [2.75, 3.05) is 57.2 Å². The van der Waals surface area contributed by atoms with Gasteiger partial charge in [-0.25, -0.2) is 31.7 Å². The second-order valence-electron chi connectivity index (χ2n) is 21.7. The lowest BCUT2D eigenvalue weighted by molar-refractivity contribution is -0.157. The summed E-state index contributed by atoms with van der Waals surface area (Å²) in [4.78, 5) is 72.0. The number of cyclic esters (lactones) is 1. The van der Waals surface area contributed by atoms with Gasteiger partial charge >= 0.3 is 12.0 Å². The van der Waals surface area contributed by atoms with E-state index in [-0.39, 0.29) is 113 Å². The Morgan fingerprint density at radius 2 is 1.72 bits per heavy atom. The van der Waals surface area contributed by atoms with Crippen molar-refractivity contribution in [1.29, 1.82) is 0 Å². The molecule has 1 amide bonds.